The van der Waals surface area contributed by atoms with Gasteiger partial charge in [0.1, 0.15) is 37.6 Å². The third-order valence-corrected chi connectivity index (χ3v) is 24.5. The van der Waals surface area contributed by atoms with Gasteiger partial charge in [0.05, 0.1) is 134 Å². The van der Waals surface area contributed by atoms with Crippen LogP contribution < -0.4 is 24.5 Å². The lowest BCUT2D eigenvalue weighted by atomic mass is 9.73. The van der Waals surface area contributed by atoms with Gasteiger partial charge in [0.2, 0.25) is 0 Å². The highest BCUT2D eigenvalue weighted by Crippen LogP contribution is 2.39. The Balaban J connectivity index is 0.550. The van der Waals surface area contributed by atoms with Gasteiger partial charge in [-0.05, 0) is 222 Å². The summed E-state index contributed by atoms with van der Waals surface area (Å²) in [6.45, 7) is 42.5. The van der Waals surface area contributed by atoms with Crippen LogP contribution in [0.5, 0.6) is 0 Å². The van der Waals surface area contributed by atoms with Gasteiger partial charge in [-0.1, -0.05) is 38.1 Å². The fourth-order valence-electron chi connectivity index (χ4n) is 19.0. The summed E-state index contributed by atoms with van der Waals surface area (Å²) in [5, 5.41) is 17.9. The molecule has 0 aromatic carbocycles. The zero-order valence-corrected chi connectivity index (χ0v) is 54.5. The molecule has 10 rings (SSSR count). The van der Waals surface area contributed by atoms with Crippen molar-refractivity contribution in [2.24, 2.45) is 59.2 Å². The van der Waals surface area contributed by atoms with Crippen molar-refractivity contribution >= 4 is 0 Å². The number of ether oxygens (including phenoxy) is 3. The van der Waals surface area contributed by atoms with Gasteiger partial charge < -0.3 is 43.6 Å². The average molecular weight is 1160 g/mol. The van der Waals surface area contributed by atoms with E-state index in [0.29, 0.717) is 75.4 Å². The molecular formula is C68H127N12O3+5. The van der Waals surface area contributed by atoms with Crippen LogP contribution >= 0.6 is 0 Å². The van der Waals surface area contributed by atoms with E-state index in [9.17, 15) is 0 Å². The summed E-state index contributed by atoms with van der Waals surface area (Å²) in [7, 11) is 0. The van der Waals surface area contributed by atoms with Crippen molar-refractivity contribution < 1.29 is 38.7 Å². The minimum Gasteiger partial charge on any atom is -0.378 e. The molecule has 8 heterocycles. The monoisotopic (exact) mass is 1160 g/mol. The lowest BCUT2D eigenvalue weighted by molar-refractivity contribution is -0.988. The maximum absolute atomic E-state index is 6.68. The number of nitrogens with one attached hydrogen (secondary N) is 5. The number of quaternary nitrogens is 5. The van der Waals surface area contributed by atoms with E-state index in [1.165, 1.54) is 214 Å². The highest BCUT2D eigenvalue weighted by Gasteiger charge is 2.40. The Kier molecular flexibility index (Phi) is 24.6. The topological polar surface area (TPSA) is 115 Å². The molecule has 10 atom stereocenters. The second-order valence-corrected chi connectivity index (χ2v) is 30.7. The van der Waals surface area contributed by atoms with E-state index in [4.69, 9.17) is 14.2 Å². The summed E-state index contributed by atoms with van der Waals surface area (Å²) < 4.78 is 23.2. The molecule has 0 amide bonds. The number of hydrogen-bond donors (Lipinski definition) is 5. The molecule has 83 heavy (non-hydrogen) atoms. The Morgan fingerprint density at radius 1 is 0.482 bits per heavy atom. The van der Waals surface area contributed by atoms with Crippen molar-refractivity contribution in [3.8, 4) is 0 Å². The molecule has 6 aliphatic heterocycles. The molecule has 2 aliphatic carbocycles. The van der Waals surface area contributed by atoms with Crippen LogP contribution in [0.1, 0.15) is 195 Å². The Morgan fingerprint density at radius 2 is 0.892 bits per heavy atom. The van der Waals surface area contributed by atoms with Crippen LogP contribution in [0.3, 0.4) is 0 Å². The Morgan fingerprint density at radius 3 is 1.34 bits per heavy atom. The van der Waals surface area contributed by atoms with E-state index in [-0.39, 0.29) is 0 Å². The highest BCUT2D eigenvalue weighted by atomic mass is 16.5. The molecule has 0 bridgehead atoms. The molecule has 6 saturated heterocycles. The van der Waals surface area contributed by atoms with Crippen LogP contribution in [0.4, 0.5) is 0 Å². The van der Waals surface area contributed by atoms with Crippen LogP contribution in [-0.4, -0.2) is 176 Å². The minimum absolute atomic E-state index is 0.295. The summed E-state index contributed by atoms with van der Waals surface area (Å²) in [5.41, 5.74) is 1.83. The molecule has 0 radical (unpaired) electrons. The van der Waals surface area contributed by atoms with Crippen LogP contribution in [0.15, 0.2) is 12.4 Å². The summed E-state index contributed by atoms with van der Waals surface area (Å²) in [5.74, 6) is 7.94. The van der Waals surface area contributed by atoms with E-state index in [1.807, 2.05) is 46.3 Å². The van der Waals surface area contributed by atoms with E-state index in [1.54, 1.807) is 0 Å². The molecule has 2 aromatic heterocycles. The Bertz CT molecular complexity index is 1960. The van der Waals surface area contributed by atoms with Gasteiger partial charge in [0.15, 0.2) is 0 Å². The first-order chi connectivity index (χ1) is 40.4. The predicted octanol–water partition coefficient (Wildman–Crippen LogP) is 3.79. The van der Waals surface area contributed by atoms with Crippen molar-refractivity contribution in [2.75, 3.05) is 105 Å². The lowest BCUT2D eigenvalue weighted by Gasteiger charge is -2.43. The Labute approximate surface area is 505 Å². The first-order valence-electron chi connectivity index (χ1n) is 35.9. The van der Waals surface area contributed by atoms with Gasteiger partial charge in [0, 0.05) is 12.5 Å². The van der Waals surface area contributed by atoms with Crippen molar-refractivity contribution in [1.82, 2.24) is 34.9 Å². The molecule has 5 N–H and O–H groups in total. The second-order valence-electron chi connectivity index (χ2n) is 30.7. The minimum atomic E-state index is 0.295. The van der Waals surface area contributed by atoms with Crippen LogP contribution in [0.25, 0.3) is 0 Å². The number of rotatable bonds is 26. The fraction of sp³-hybridized carbons (Fsp3) is 0.941. The first kappa shape index (κ1) is 63.9. The third kappa shape index (κ3) is 18.5. The molecule has 8 aliphatic rings. The zero-order chi connectivity index (χ0) is 57.7. The summed E-state index contributed by atoms with van der Waals surface area (Å²) in [6, 6.07) is 3.45. The van der Waals surface area contributed by atoms with Gasteiger partial charge in [-0.25, -0.2) is 9.36 Å². The number of likely N-dealkylation sites (tertiary alicyclic amines) is 6. The van der Waals surface area contributed by atoms with Gasteiger partial charge in [-0.3, -0.25) is 0 Å². The number of aromatic nitrogens is 6. The van der Waals surface area contributed by atoms with Gasteiger partial charge in [0.25, 0.3) is 0 Å². The average Bonchev–Trinajstić information content (AvgIpc) is 4.31. The van der Waals surface area contributed by atoms with Crippen molar-refractivity contribution in [3.05, 3.63) is 23.8 Å². The molecule has 8 fully saturated rings. The fourth-order valence-corrected chi connectivity index (χ4v) is 19.0. The van der Waals surface area contributed by atoms with Crippen LogP contribution in [0.2, 0.25) is 0 Å². The molecule has 10 unspecified atom stereocenters. The van der Waals surface area contributed by atoms with Crippen molar-refractivity contribution in [1.29, 1.82) is 0 Å². The summed E-state index contributed by atoms with van der Waals surface area (Å²) in [4.78, 5) is 12.3. The number of nitrogens with zero attached hydrogens (tertiary/aromatic N) is 7. The predicted molar refractivity (Wildman–Crippen MR) is 331 cm³/mol. The van der Waals surface area contributed by atoms with Crippen molar-refractivity contribution in [2.45, 2.75) is 246 Å². The number of piperidine rings is 6. The molecule has 0 spiro atoms. The number of hydrogen-bond acceptors (Lipinski definition) is 8. The molecule has 2 saturated carbocycles. The molecule has 2 aromatic rings. The largest absolute Gasteiger partial charge is 0.378 e. The molecular weight excluding hydrogens is 1030 g/mol. The van der Waals surface area contributed by atoms with E-state index in [0.717, 1.165) is 77.5 Å². The normalized spacial score (nSPS) is 37.4. The van der Waals surface area contributed by atoms with Gasteiger partial charge in [-0.15, -0.1) is 10.2 Å². The maximum Gasteiger partial charge on any atom is 0.127 e. The second kappa shape index (κ2) is 31.9. The summed E-state index contributed by atoms with van der Waals surface area (Å²) >= 11 is 0. The van der Waals surface area contributed by atoms with E-state index >= 15 is 0 Å². The first-order valence-corrected chi connectivity index (χ1v) is 35.9. The third-order valence-electron chi connectivity index (χ3n) is 24.5. The lowest BCUT2D eigenvalue weighted by Crippen LogP contribution is -3.24. The zero-order valence-electron chi connectivity index (χ0n) is 54.5. The van der Waals surface area contributed by atoms with Crippen LogP contribution in [-0.2, 0) is 40.5 Å². The Hall–Kier alpha value is -2.08. The maximum atomic E-state index is 6.68. The van der Waals surface area contributed by atoms with Crippen molar-refractivity contribution in [3.63, 3.8) is 0 Å². The molecule has 15 nitrogen and oxygen atoms in total. The molecule has 472 valence electrons. The smallest absolute Gasteiger partial charge is 0.127 e. The quantitative estimate of drug-likeness (QED) is 0.0907. The van der Waals surface area contributed by atoms with Gasteiger partial charge >= 0.3 is 0 Å². The van der Waals surface area contributed by atoms with E-state index < -0.39 is 0 Å². The SMILES string of the molecule is CC(C)C1CC(CN2CCC(C3CC[NH+](CC[NH+]4C(C)CCCC4C)CC3)CC2)CCC1OCc1cn(CCOCCn2cc(COC3CCC(C[NH+]4CCC(C5CC[NH+](CC[NH+]6C(C)CCCC6C)CC5)CC4)CC3C(C)C)nn2)nn1. The van der Waals surface area contributed by atoms with E-state index in [2.05, 4.69) is 80.9 Å². The van der Waals surface area contributed by atoms with Crippen LogP contribution in [0, 0.1) is 59.2 Å². The molecule has 15 heteroatoms. The highest BCUT2D eigenvalue weighted by molar-refractivity contribution is 4.93. The summed E-state index contributed by atoms with van der Waals surface area (Å²) in [6.07, 6.45) is 32.4. The van der Waals surface area contributed by atoms with Gasteiger partial charge in [-0.2, -0.15) is 0 Å². The standard InChI is InChI=1S/C68H122N12O3/c1-51(2)65-43-57(45-75-31-23-61(24-32-75)59-19-27-73(28-20-59)35-37-79-53(5)11-9-12-54(79)6)15-17-67(65)82-49-63-47-77(71-69-63)39-41-81-42-40-78-48-64(70-72-78)50-83-68-18-16-58(44-66(68)52(3)4)46-76-33-25-62(26-34-76)60-21-29-74(30-22-60)36-38-80-55(7)13-10-14-56(80)8/h47-48,51-62,65-68H,9-46,49-50H2,1-8H3/p+5.